The molecule has 3 nitrogen and oxygen atoms in total. The lowest BCUT2D eigenvalue weighted by molar-refractivity contribution is 0.113. The number of unbranched alkanes of at least 4 members (excludes halogenated alkanes) is 3. The van der Waals surface area contributed by atoms with E-state index in [2.05, 4.69) is 60.1 Å². The fourth-order valence-electron chi connectivity index (χ4n) is 3.15. The van der Waals surface area contributed by atoms with Gasteiger partial charge >= 0.3 is 8.60 Å². The average Bonchev–Trinajstić information content (AvgIpc) is 2.63. The van der Waals surface area contributed by atoms with Crippen LogP contribution in [0.2, 0.25) is 39.3 Å². The molecule has 0 spiro atoms. The Bertz CT molecular complexity index is 307. The summed E-state index contributed by atoms with van der Waals surface area (Å²) in [6.07, 6.45) is 10.9. The first-order valence-corrected chi connectivity index (χ1v) is 22.1. The third kappa shape index (κ3) is 13.3. The summed E-state index contributed by atoms with van der Waals surface area (Å²) < 4.78 is 20.0. The van der Waals surface area contributed by atoms with Gasteiger partial charge in [0.1, 0.15) is 0 Å². The molecule has 0 aromatic heterocycles. The molecule has 3 unspecified atom stereocenters. The van der Waals surface area contributed by atoms with E-state index in [0.29, 0.717) is 17.2 Å². The molecule has 0 aromatic rings. The van der Waals surface area contributed by atoms with Crippen molar-refractivity contribution < 1.29 is 13.6 Å². The number of hydrogen-bond acceptors (Lipinski definition) is 3. The Hall–Kier alpha value is 0.961. The molecule has 0 amide bonds. The minimum Gasteiger partial charge on any atom is -0.313 e. The molecule has 170 valence electrons. The molecule has 28 heavy (non-hydrogen) atoms. The van der Waals surface area contributed by atoms with Gasteiger partial charge in [-0.15, -0.1) is 0 Å². The molecule has 0 saturated carbocycles. The summed E-state index contributed by atoms with van der Waals surface area (Å²) in [5.74, 6) is 0. The van der Waals surface area contributed by atoms with Gasteiger partial charge in [-0.2, -0.15) is 0 Å². The largest absolute Gasteiger partial charge is 0.332 e. The van der Waals surface area contributed by atoms with Crippen LogP contribution < -0.4 is 0 Å². The first-order valence-electron chi connectivity index (χ1n) is 12.1. The number of hydrogen-bond donors (Lipinski definition) is 0. The van der Waals surface area contributed by atoms with Gasteiger partial charge in [0.05, 0.1) is 43.6 Å². The molecular formula is C21H51O3PSi3. The van der Waals surface area contributed by atoms with Crippen LogP contribution in [0.1, 0.15) is 78.6 Å². The molecule has 0 aromatic carbocycles. The average molecular weight is 467 g/mol. The van der Waals surface area contributed by atoms with Crippen LogP contribution in [0.5, 0.6) is 0 Å². The molecule has 0 saturated heterocycles. The maximum atomic E-state index is 6.66. The SMILES string of the molecule is CCCCC(OP(OC(CCCC)[SiH](C)C)OC(CCCC)[SiH](C)C)[SiH](C)C. The van der Waals surface area contributed by atoms with E-state index in [9.17, 15) is 0 Å². The van der Waals surface area contributed by atoms with E-state index in [4.69, 9.17) is 13.6 Å². The predicted molar refractivity (Wildman–Crippen MR) is 137 cm³/mol. The van der Waals surface area contributed by atoms with Gasteiger partial charge in [0.25, 0.3) is 0 Å². The van der Waals surface area contributed by atoms with Gasteiger partial charge in [-0.1, -0.05) is 98.6 Å². The Morgan fingerprint density at radius 2 is 0.786 bits per heavy atom. The Morgan fingerprint density at radius 3 is 0.964 bits per heavy atom. The Kier molecular flexibility index (Phi) is 18.2. The molecule has 7 heteroatoms. The zero-order valence-electron chi connectivity index (χ0n) is 20.5. The second kappa shape index (κ2) is 17.6. The van der Waals surface area contributed by atoms with Crippen molar-refractivity contribution in [3.8, 4) is 0 Å². The van der Waals surface area contributed by atoms with Crippen LogP contribution >= 0.6 is 8.60 Å². The minimum atomic E-state index is -1.22. The third-order valence-electron chi connectivity index (χ3n) is 5.42. The van der Waals surface area contributed by atoms with Crippen molar-refractivity contribution >= 4 is 35.0 Å². The van der Waals surface area contributed by atoms with Crippen molar-refractivity contribution in [3.63, 3.8) is 0 Å². The molecule has 0 N–H and O–H groups in total. The van der Waals surface area contributed by atoms with E-state index in [-0.39, 0.29) is 0 Å². The zero-order chi connectivity index (χ0) is 21.5. The van der Waals surface area contributed by atoms with Crippen LogP contribution in [0.25, 0.3) is 0 Å². The van der Waals surface area contributed by atoms with Crippen molar-refractivity contribution in [2.75, 3.05) is 0 Å². The highest BCUT2D eigenvalue weighted by molar-refractivity contribution is 7.42. The van der Waals surface area contributed by atoms with E-state index < -0.39 is 35.0 Å². The van der Waals surface area contributed by atoms with Gasteiger partial charge in [-0.25, -0.2) is 0 Å². The highest BCUT2D eigenvalue weighted by atomic mass is 31.2. The van der Waals surface area contributed by atoms with Crippen molar-refractivity contribution in [3.05, 3.63) is 0 Å². The number of rotatable bonds is 18. The van der Waals surface area contributed by atoms with E-state index in [0.717, 1.165) is 0 Å². The summed E-state index contributed by atoms with van der Waals surface area (Å²) in [7, 11) is -3.92. The maximum absolute atomic E-state index is 6.66. The molecule has 3 atom stereocenters. The highest BCUT2D eigenvalue weighted by Gasteiger charge is 2.30. The smallest absolute Gasteiger partial charge is 0.313 e. The first kappa shape index (κ1) is 29.0. The quantitative estimate of drug-likeness (QED) is 0.160. The molecular weight excluding hydrogens is 415 g/mol. The molecule has 0 aliphatic carbocycles. The van der Waals surface area contributed by atoms with Crippen molar-refractivity contribution in [1.29, 1.82) is 0 Å². The van der Waals surface area contributed by atoms with Gasteiger partial charge < -0.3 is 13.6 Å². The van der Waals surface area contributed by atoms with Gasteiger partial charge in [-0.05, 0) is 19.3 Å². The van der Waals surface area contributed by atoms with Crippen molar-refractivity contribution in [2.45, 2.75) is 135 Å². The summed E-state index contributed by atoms with van der Waals surface area (Å²) >= 11 is 0. The van der Waals surface area contributed by atoms with Crippen molar-refractivity contribution in [2.24, 2.45) is 0 Å². The Labute approximate surface area is 183 Å². The van der Waals surface area contributed by atoms with Crippen LogP contribution in [0.15, 0.2) is 0 Å². The van der Waals surface area contributed by atoms with Crippen LogP contribution in [-0.2, 0) is 13.6 Å². The lowest BCUT2D eigenvalue weighted by atomic mass is 10.3. The topological polar surface area (TPSA) is 27.7 Å². The zero-order valence-corrected chi connectivity index (χ0v) is 24.9. The minimum absolute atomic E-state index is 0.382. The fourth-order valence-corrected chi connectivity index (χ4v) is 10.8. The summed E-state index contributed by atoms with van der Waals surface area (Å²) in [4.78, 5) is 0. The highest BCUT2D eigenvalue weighted by Crippen LogP contribution is 2.46. The fraction of sp³-hybridized carbons (Fsp3) is 1.00. The third-order valence-corrected chi connectivity index (χ3v) is 13.3. The Morgan fingerprint density at radius 1 is 0.536 bits per heavy atom. The van der Waals surface area contributed by atoms with Gasteiger partial charge in [0.15, 0.2) is 0 Å². The summed E-state index contributed by atoms with van der Waals surface area (Å²) in [6, 6.07) is 0. The predicted octanol–water partition coefficient (Wildman–Crippen LogP) is 7.02. The normalized spacial score (nSPS) is 16.7. The molecule has 0 aliphatic heterocycles. The van der Waals surface area contributed by atoms with E-state index in [1.807, 2.05) is 0 Å². The second-order valence-electron chi connectivity index (χ2n) is 9.31. The summed E-state index contributed by atoms with van der Waals surface area (Å²) in [6.45, 7) is 21.3. The molecule has 0 radical (unpaired) electrons. The maximum Gasteiger partial charge on any atom is 0.332 e. The van der Waals surface area contributed by atoms with Crippen LogP contribution in [0.3, 0.4) is 0 Å². The first-order chi connectivity index (χ1) is 13.3. The van der Waals surface area contributed by atoms with Gasteiger partial charge in [0.2, 0.25) is 0 Å². The molecule has 0 rings (SSSR count). The second-order valence-corrected chi connectivity index (χ2v) is 20.1. The van der Waals surface area contributed by atoms with E-state index >= 15 is 0 Å². The monoisotopic (exact) mass is 466 g/mol. The van der Waals surface area contributed by atoms with Crippen LogP contribution in [0.4, 0.5) is 0 Å². The van der Waals surface area contributed by atoms with E-state index in [1.165, 1.54) is 57.8 Å². The standard InChI is InChI=1S/C21H51O3PSi3/c1-10-13-16-19(26(4)5)22-25(23-20(27(6)7)17-14-11-2)24-21(28(8)9)18-15-12-3/h19-21,26-28H,10-18H2,1-9H3. The lowest BCUT2D eigenvalue weighted by Gasteiger charge is -2.32. The Balaban J connectivity index is 5.28. The molecule has 0 heterocycles. The van der Waals surface area contributed by atoms with Crippen LogP contribution in [-0.4, -0.2) is 43.6 Å². The van der Waals surface area contributed by atoms with Crippen molar-refractivity contribution in [1.82, 2.24) is 0 Å². The molecule has 0 bridgehead atoms. The molecule has 0 aliphatic rings. The van der Waals surface area contributed by atoms with Crippen LogP contribution in [0, 0.1) is 0 Å². The van der Waals surface area contributed by atoms with E-state index in [1.54, 1.807) is 0 Å². The van der Waals surface area contributed by atoms with Gasteiger partial charge in [-0.3, -0.25) is 0 Å². The molecule has 0 fully saturated rings. The summed E-state index contributed by atoms with van der Waals surface area (Å²) in [5.41, 5.74) is 1.15. The summed E-state index contributed by atoms with van der Waals surface area (Å²) in [5, 5.41) is 0. The lowest BCUT2D eigenvalue weighted by Crippen LogP contribution is -2.33. The van der Waals surface area contributed by atoms with Gasteiger partial charge in [0, 0.05) is 0 Å².